The zero-order valence-electron chi connectivity index (χ0n) is 11.3. The molecule has 2 aromatic rings. The van der Waals surface area contributed by atoms with Gasteiger partial charge in [0.1, 0.15) is 5.75 Å². The van der Waals surface area contributed by atoms with Crippen LogP contribution in [0.4, 0.5) is 0 Å². The minimum atomic E-state index is 0.772. The first-order chi connectivity index (χ1) is 9.38. The average Bonchev–Trinajstić information content (AvgIpc) is 2.47. The minimum Gasteiger partial charge on any atom is -0.494 e. The van der Waals surface area contributed by atoms with E-state index in [-0.39, 0.29) is 0 Å². The van der Waals surface area contributed by atoms with Gasteiger partial charge in [0.15, 0.2) is 0 Å². The second-order valence-electron chi connectivity index (χ2n) is 4.45. The summed E-state index contributed by atoms with van der Waals surface area (Å²) in [7, 11) is 0. The van der Waals surface area contributed by atoms with E-state index in [1.165, 1.54) is 11.1 Å². The van der Waals surface area contributed by atoms with Crippen LogP contribution in [-0.4, -0.2) is 11.6 Å². The molecule has 0 saturated heterocycles. The standard InChI is InChI=1S/C16H20N2O/c1-2-10-19-16-5-3-4-15(11-16)13-18-12-14-6-8-17-9-7-14/h3-9,11,18H,2,10,12-13H2,1H3. The van der Waals surface area contributed by atoms with Crippen molar-refractivity contribution in [3.63, 3.8) is 0 Å². The molecule has 0 aliphatic rings. The Hall–Kier alpha value is -1.87. The van der Waals surface area contributed by atoms with Crippen LogP contribution in [0.25, 0.3) is 0 Å². The van der Waals surface area contributed by atoms with Crippen LogP contribution in [0.5, 0.6) is 5.75 Å². The summed E-state index contributed by atoms with van der Waals surface area (Å²) >= 11 is 0. The van der Waals surface area contributed by atoms with Gasteiger partial charge in [-0.1, -0.05) is 19.1 Å². The number of pyridine rings is 1. The zero-order chi connectivity index (χ0) is 13.3. The highest BCUT2D eigenvalue weighted by Crippen LogP contribution is 2.13. The lowest BCUT2D eigenvalue weighted by Gasteiger charge is -2.08. The van der Waals surface area contributed by atoms with Crippen molar-refractivity contribution in [1.29, 1.82) is 0 Å². The van der Waals surface area contributed by atoms with E-state index in [4.69, 9.17) is 4.74 Å². The first-order valence-electron chi connectivity index (χ1n) is 6.70. The van der Waals surface area contributed by atoms with E-state index in [1.807, 2.05) is 36.7 Å². The lowest BCUT2D eigenvalue weighted by atomic mass is 10.2. The molecule has 1 heterocycles. The molecule has 100 valence electrons. The maximum absolute atomic E-state index is 5.62. The van der Waals surface area contributed by atoms with Crippen molar-refractivity contribution < 1.29 is 4.74 Å². The topological polar surface area (TPSA) is 34.1 Å². The Morgan fingerprint density at radius 3 is 2.63 bits per heavy atom. The maximum Gasteiger partial charge on any atom is 0.119 e. The van der Waals surface area contributed by atoms with Gasteiger partial charge in [-0.2, -0.15) is 0 Å². The molecule has 19 heavy (non-hydrogen) atoms. The van der Waals surface area contributed by atoms with Crippen molar-refractivity contribution in [2.45, 2.75) is 26.4 Å². The summed E-state index contributed by atoms with van der Waals surface area (Å²) in [6, 6.07) is 12.3. The van der Waals surface area contributed by atoms with E-state index >= 15 is 0 Å². The molecule has 0 bridgehead atoms. The predicted octanol–water partition coefficient (Wildman–Crippen LogP) is 3.16. The Morgan fingerprint density at radius 2 is 1.84 bits per heavy atom. The van der Waals surface area contributed by atoms with E-state index in [2.05, 4.69) is 29.4 Å². The Balaban J connectivity index is 1.82. The van der Waals surface area contributed by atoms with Crippen molar-refractivity contribution in [3.8, 4) is 5.75 Å². The molecule has 1 aromatic heterocycles. The molecule has 3 nitrogen and oxygen atoms in total. The van der Waals surface area contributed by atoms with Crippen molar-refractivity contribution in [1.82, 2.24) is 10.3 Å². The summed E-state index contributed by atoms with van der Waals surface area (Å²) in [5.74, 6) is 0.949. The normalized spacial score (nSPS) is 10.4. The Kier molecular flexibility index (Phi) is 5.38. The SMILES string of the molecule is CCCOc1cccc(CNCc2ccncc2)c1. The summed E-state index contributed by atoms with van der Waals surface area (Å²) in [5.41, 5.74) is 2.48. The van der Waals surface area contributed by atoms with E-state index in [1.54, 1.807) is 0 Å². The Bertz CT molecular complexity index is 485. The largest absolute Gasteiger partial charge is 0.494 e. The monoisotopic (exact) mass is 256 g/mol. The number of aromatic nitrogens is 1. The van der Waals surface area contributed by atoms with Gasteiger partial charge < -0.3 is 10.1 Å². The van der Waals surface area contributed by atoms with Gasteiger partial charge >= 0.3 is 0 Å². The number of hydrogen-bond donors (Lipinski definition) is 1. The van der Waals surface area contributed by atoms with Gasteiger partial charge in [0.05, 0.1) is 6.61 Å². The highest BCUT2D eigenvalue weighted by molar-refractivity contribution is 5.28. The van der Waals surface area contributed by atoms with Gasteiger partial charge in [0.25, 0.3) is 0 Å². The molecule has 0 aliphatic heterocycles. The average molecular weight is 256 g/mol. The van der Waals surface area contributed by atoms with Gasteiger partial charge in [-0.25, -0.2) is 0 Å². The summed E-state index contributed by atoms with van der Waals surface area (Å²) in [6.07, 6.45) is 4.66. The molecule has 0 fully saturated rings. The molecule has 2 rings (SSSR count). The maximum atomic E-state index is 5.62. The van der Waals surface area contributed by atoms with E-state index < -0.39 is 0 Å². The predicted molar refractivity (Wildman–Crippen MR) is 77.0 cm³/mol. The van der Waals surface area contributed by atoms with Crippen LogP contribution in [-0.2, 0) is 13.1 Å². The first kappa shape index (κ1) is 13.6. The molecule has 0 amide bonds. The summed E-state index contributed by atoms with van der Waals surface area (Å²) in [4.78, 5) is 4.01. The van der Waals surface area contributed by atoms with Crippen molar-refractivity contribution in [2.24, 2.45) is 0 Å². The fraction of sp³-hybridized carbons (Fsp3) is 0.312. The molecule has 0 aliphatic carbocycles. The van der Waals surface area contributed by atoms with Gasteiger partial charge in [-0.05, 0) is 41.8 Å². The summed E-state index contributed by atoms with van der Waals surface area (Å²) < 4.78 is 5.62. The summed E-state index contributed by atoms with van der Waals surface area (Å²) in [5, 5.41) is 3.42. The van der Waals surface area contributed by atoms with Gasteiger partial charge in [0, 0.05) is 25.5 Å². The lowest BCUT2D eigenvalue weighted by molar-refractivity contribution is 0.317. The molecular weight excluding hydrogens is 236 g/mol. The van der Waals surface area contributed by atoms with E-state index in [0.717, 1.165) is 31.9 Å². The number of nitrogens with zero attached hydrogens (tertiary/aromatic N) is 1. The van der Waals surface area contributed by atoms with Crippen LogP contribution in [0.1, 0.15) is 24.5 Å². The lowest BCUT2D eigenvalue weighted by Crippen LogP contribution is -2.12. The number of rotatable bonds is 7. The molecule has 0 unspecified atom stereocenters. The minimum absolute atomic E-state index is 0.772. The van der Waals surface area contributed by atoms with Crippen LogP contribution in [0.3, 0.4) is 0 Å². The van der Waals surface area contributed by atoms with Crippen molar-refractivity contribution in [2.75, 3.05) is 6.61 Å². The fourth-order valence-electron chi connectivity index (χ4n) is 1.82. The van der Waals surface area contributed by atoms with E-state index in [9.17, 15) is 0 Å². The van der Waals surface area contributed by atoms with Crippen LogP contribution < -0.4 is 10.1 Å². The molecule has 0 radical (unpaired) electrons. The van der Waals surface area contributed by atoms with Gasteiger partial charge in [-0.15, -0.1) is 0 Å². The molecule has 1 aromatic carbocycles. The molecule has 1 N–H and O–H groups in total. The number of hydrogen-bond acceptors (Lipinski definition) is 3. The van der Waals surface area contributed by atoms with Gasteiger partial charge in [-0.3, -0.25) is 4.98 Å². The van der Waals surface area contributed by atoms with Crippen molar-refractivity contribution >= 4 is 0 Å². The third-order valence-electron chi connectivity index (χ3n) is 2.78. The molecule has 3 heteroatoms. The number of nitrogens with one attached hydrogen (secondary N) is 1. The van der Waals surface area contributed by atoms with Gasteiger partial charge in [0.2, 0.25) is 0 Å². The zero-order valence-corrected chi connectivity index (χ0v) is 11.3. The van der Waals surface area contributed by atoms with Crippen LogP contribution in [0.15, 0.2) is 48.8 Å². The Labute approximate surface area is 114 Å². The number of ether oxygens (including phenoxy) is 1. The van der Waals surface area contributed by atoms with Crippen LogP contribution in [0, 0.1) is 0 Å². The van der Waals surface area contributed by atoms with Crippen LogP contribution in [0.2, 0.25) is 0 Å². The molecule has 0 spiro atoms. The molecule has 0 saturated carbocycles. The second-order valence-corrected chi connectivity index (χ2v) is 4.45. The number of benzene rings is 1. The van der Waals surface area contributed by atoms with Crippen LogP contribution >= 0.6 is 0 Å². The van der Waals surface area contributed by atoms with Crippen molar-refractivity contribution in [3.05, 3.63) is 59.9 Å². The third kappa shape index (κ3) is 4.72. The highest BCUT2D eigenvalue weighted by atomic mass is 16.5. The smallest absolute Gasteiger partial charge is 0.119 e. The quantitative estimate of drug-likeness (QED) is 0.826. The molecule has 0 atom stereocenters. The van der Waals surface area contributed by atoms with E-state index in [0.29, 0.717) is 0 Å². The molecular formula is C16H20N2O. The first-order valence-corrected chi connectivity index (χ1v) is 6.70. The fourth-order valence-corrected chi connectivity index (χ4v) is 1.82. The highest BCUT2D eigenvalue weighted by Gasteiger charge is 1.97. The third-order valence-corrected chi connectivity index (χ3v) is 2.78. The Morgan fingerprint density at radius 1 is 1.05 bits per heavy atom. The summed E-state index contributed by atoms with van der Waals surface area (Å²) in [6.45, 7) is 4.57. The second kappa shape index (κ2) is 7.54.